The Bertz CT molecular complexity index is 914. The molecule has 1 aliphatic carbocycles. The van der Waals surface area contributed by atoms with Gasteiger partial charge in [0.05, 0.1) is 23.7 Å². The smallest absolute Gasteiger partial charge is 0.379 e. The fourth-order valence-corrected chi connectivity index (χ4v) is 5.67. The molecule has 1 saturated carbocycles. The molecule has 0 unspecified atom stereocenters. The number of ether oxygens (including phenoxy) is 2. The summed E-state index contributed by atoms with van der Waals surface area (Å²) in [6, 6.07) is 4.47. The number of halogens is 3. The van der Waals surface area contributed by atoms with Crippen molar-refractivity contribution in [3.63, 3.8) is 0 Å². The van der Waals surface area contributed by atoms with Crippen LogP contribution >= 0.6 is 0 Å². The number of nitrogens with two attached hydrogens (primary N) is 1. The zero-order chi connectivity index (χ0) is 24.5. The Morgan fingerprint density at radius 2 is 2.15 bits per heavy atom. The van der Waals surface area contributed by atoms with Crippen molar-refractivity contribution < 1.29 is 32.2 Å². The summed E-state index contributed by atoms with van der Waals surface area (Å²) >= 11 is 0. The van der Waals surface area contributed by atoms with Gasteiger partial charge in [-0.3, -0.25) is 4.79 Å². The summed E-state index contributed by atoms with van der Waals surface area (Å²) in [7, 11) is 1.64. The molecule has 0 bridgehead atoms. The molecule has 3 amide bonds. The number of nitrogens with one attached hydrogen (secondary N) is 2. The van der Waals surface area contributed by atoms with Gasteiger partial charge in [0.1, 0.15) is 0 Å². The van der Waals surface area contributed by atoms with E-state index in [2.05, 4.69) is 10.6 Å². The third-order valence-electron chi connectivity index (χ3n) is 7.40. The zero-order valence-corrected chi connectivity index (χ0v) is 19.1. The Labute approximate surface area is 196 Å². The van der Waals surface area contributed by atoms with Crippen LogP contribution in [0.2, 0.25) is 0 Å². The predicted octanol–water partition coefficient (Wildman–Crippen LogP) is 1.87. The van der Waals surface area contributed by atoms with Crippen LogP contribution in [0.3, 0.4) is 0 Å². The Kier molecular flexibility index (Phi) is 7.07. The Morgan fingerprint density at radius 1 is 1.35 bits per heavy atom. The molecule has 0 radical (unpaired) electrons. The van der Waals surface area contributed by atoms with Crippen LogP contribution in [0.5, 0.6) is 0 Å². The van der Waals surface area contributed by atoms with E-state index in [1.165, 1.54) is 11.0 Å². The highest BCUT2D eigenvalue weighted by atomic mass is 19.4. The Balaban J connectivity index is 1.46. The van der Waals surface area contributed by atoms with Gasteiger partial charge in [-0.1, -0.05) is 12.1 Å². The Morgan fingerprint density at radius 3 is 2.85 bits per heavy atom. The molecule has 8 nitrogen and oxygen atoms in total. The molecule has 11 heteroatoms. The first kappa shape index (κ1) is 24.7. The van der Waals surface area contributed by atoms with E-state index in [0.717, 1.165) is 18.6 Å². The lowest BCUT2D eigenvalue weighted by atomic mass is 9.79. The summed E-state index contributed by atoms with van der Waals surface area (Å²) in [5.74, 6) is -0.363. The molecular weight excluding hydrogens is 453 g/mol. The average Bonchev–Trinajstić information content (AvgIpc) is 3.33. The number of hydrogen-bond donors (Lipinski definition) is 3. The van der Waals surface area contributed by atoms with Crippen LogP contribution in [0.25, 0.3) is 0 Å². The minimum absolute atomic E-state index is 0.0302. The number of hydrogen-bond acceptors (Lipinski definition) is 5. The maximum absolute atomic E-state index is 13.4. The molecule has 5 atom stereocenters. The van der Waals surface area contributed by atoms with E-state index in [1.54, 1.807) is 13.2 Å². The van der Waals surface area contributed by atoms with E-state index >= 15 is 0 Å². The number of carbonyl (C=O) groups is 2. The first-order valence-electron chi connectivity index (χ1n) is 11.5. The van der Waals surface area contributed by atoms with Gasteiger partial charge in [0.25, 0.3) is 0 Å². The third-order valence-corrected chi connectivity index (χ3v) is 7.40. The van der Waals surface area contributed by atoms with Crippen molar-refractivity contribution in [3.8, 4) is 0 Å². The van der Waals surface area contributed by atoms with Crippen molar-refractivity contribution in [1.82, 2.24) is 15.5 Å². The highest BCUT2D eigenvalue weighted by Crippen LogP contribution is 2.49. The second-order valence-electron chi connectivity index (χ2n) is 9.50. The van der Waals surface area contributed by atoms with Crippen LogP contribution in [0.4, 0.5) is 18.0 Å². The molecule has 188 valence electrons. The van der Waals surface area contributed by atoms with Crippen molar-refractivity contribution in [2.75, 3.05) is 33.4 Å². The first-order chi connectivity index (χ1) is 16.1. The van der Waals surface area contributed by atoms with Gasteiger partial charge in [-0.05, 0) is 42.9 Å². The number of methoxy groups -OCH3 is 1. The zero-order valence-electron chi connectivity index (χ0n) is 19.1. The lowest BCUT2D eigenvalue weighted by Gasteiger charge is -2.34. The molecule has 0 aromatic heterocycles. The lowest BCUT2D eigenvalue weighted by Crippen LogP contribution is -2.52. The first-order valence-corrected chi connectivity index (χ1v) is 11.5. The molecule has 3 aliphatic rings. The van der Waals surface area contributed by atoms with Crippen LogP contribution < -0.4 is 16.4 Å². The molecule has 0 spiro atoms. The number of nitrogens with zero attached hydrogens (tertiary/aromatic N) is 1. The summed E-state index contributed by atoms with van der Waals surface area (Å²) in [6.45, 7) is 1.68. The number of primary amides is 1. The lowest BCUT2D eigenvalue weighted by molar-refractivity contribution is -0.137. The van der Waals surface area contributed by atoms with E-state index in [-0.39, 0.29) is 43.1 Å². The fourth-order valence-electron chi connectivity index (χ4n) is 5.67. The van der Waals surface area contributed by atoms with Gasteiger partial charge in [0, 0.05) is 45.4 Å². The van der Waals surface area contributed by atoms with Crippen LogP contribution in [0, 0.1) is 11.3 Å². The Hall–Kier alpha value is -2.37. The van der Waals surface area contributed by atoms with Crippen LogP contribution in [0.15, 0.2) is 24.3 Å². The van der Waals surface area contributed by atoms with E-state index in [0.29, 0.717) is 38.2 Å². The molecule has 2 aliphatic heterocycles. The van der Waals surface area contributed by atoms with Gasteiger partial charge in [-0.2, -0.15) is 13.2 Å². The van der Waals surface area contributed by atoms with Gasteiger partial charge >= 0.3 is 12.2 Å². The van der Waals surface area contributed by atoms with Crippen LogP contribution in [0.1, 0.15) is 30.4 Å². The summed E-state index contributed by atoms with van der Waals surface area (Å²) < 4.78 is 50.1. The predicted molar refractivity (Wildman–Crippen MR) is 117 cm³/mol. The van der Waals surface area contributed by atoms with E-state index in [1.807, 2.05) is 0 Å². The molecule has 4 N–H and O–H groups in total. The van der Waals surface area contributed by atoms with Crippen molar-refractivity contribution in [1.29, 1.82) is 0 Å². The van der Waals surface area contributed by atoms with Gasteiger partial charge in [-0.25, -0.2) is 4.79 Å². The monoisotopic (exact) mass is 484 g/mol. The minimum atomic E-state index is -4.45. The van der Waals surface area contributed by atoms with E-state index in [9.17, 15) is 22.8 Å². The van der Waals surface area contributed by atoms with Gasteiger partial charge in [-0.15, -0.1) is 0 Å². The highest BCUT2D eigenvalue weighted by molar-refractivity contribution is 5.86. The highest BCUT2D eigenvalue weighted by Gasteiger charge is 2.58. The van der Waals surface area contributed by atoms with E-state index < -0.39 is 23.2 Å². The topological polar surface area (TPSA) is 106 Å². The maximum atomic E-state index is 13.4. The summed E-state index contributed by atoms with van der Waals surface area (Å²) in [4.78, 5) is 26.8. The number of benzene rings is 1. The third kappa shape index (κ3) is 5.01. The number of urea groups is 1. The summed E-state index contributed by atoms with van der Waals surface area (Å²) in [5, 5.41) is 6.45. The van der Waals surface area contributed by atoms with E-state index in [4.69, 9.17) is 15.2 Å². The molecule has 1 aromatic rings. The number of fused-ring (bicyclic) bond motifs is 1. The number of likely N-dealkylation sites (tertiary alicyclic amines) is 1. The largest absolute Gasteiger partial charge is 0.416 e. The van der Waals surface area contributed by atoms with Crippen molar-refractivity contribution >= 4 is 11.9 Å². The molecule has 4 rings (SSSR count). The van der Waals surface area contributed by atoms with Gasteiger partial charge in [0.2, 0.25) is 5.91 Å². The van der Waals surface area contributed by atoms with Gasteiger partial charge in [0.15, 0.2) is 0 Å². The summed E-state index contributed by atoms with van der Waals surface area (Å²) in [5.41, 5.74) is 4.26. The second kappa shape index (κ2) is 9.71. The van der Waals surface area contributed by atoms with Crippen molar-refractivity contribution in [2.45, 2.75) is 50.2 Å². The summed E-state index contributed by atoms with van der Waals surface area (Å²) in [6.07, 6.45) is -2.55. The van der Waals surface area contributed by atoms with Crippen LogP contribution in [-0.2, 0) is 27.0 Å². The molecular formula is C23H31F3N4O4. The maximum Gasteiger partial charge on any atom is 0.416 e. The molecule has 34 heavy (non-hydrogen) atoms. The quantitative estimate of drug-likeness (QED) is 0.572. The van der Waals surface area contributed by atoms with Crippen molar-refractivity contribution in [3.05, 3.63) is 35.4 Å². The number of alkyl halides is 3. The number of carbonyl (C=O) groups excluding carboxylic acids is 2. The van der Waals surface area contributed by atoms with Crippen molar-refractivity contribution in [2.24, 2.45) is 17.1 Å². The fraction of sp³-hybridized carbons (Fsp3) is 0.652. The SMILES string of the molecule is CO[C@@H]1COCC[C@@H]1N[C@@H]1C[C@H]2CN(C(N)=O)C[C@@]2(C(=O)NCc2cccc(C(F)(F)F)c2)C1. The average molecular weight is 485 g/mol. The van der Waals surface area contributed by atoms with Gasteiger partial charge < -0.3 is 30.7 Å². The molecule has 2 saturated heterocycles. The minimum Gasteiger partial charge on any atom is -0.379 e. The second-order valence-corrected chi connectivity index (χ2v) is 9.50. The molecule has 3 fully saturated rings. The standard InChI is InChI=1S/C23H31F3N4O4/c1-33-19-12-34-6-5-18(19)29-17-8-16-11-30(21(27)32)13-22(16,9-17)20(31)28-10-14-3-2-4-15(7-14)23(24,25)26/h2-4,7,16-19,29H,5-6,8-13H2,1H3,(H2,27,32)(H,28,31)/t16-,17+,18-,19+,22-/m0/s1. The molecule has 1 aromatic carbocycles. The number of rotatable bonds is 6. The normalized spacial score (nSPS) is 31.4. The number of amides is 3. The molecule has 2 heterocycles. The van der Waals surface area contributed by atoms with Crippen LogP contribution in [-0.4, -0.2) is 68.4 Å².